The van der Waals surface area contributed by atoms with Crippen molar-refractivity contribution in [2.45, 2.75) is 127 Å². The van der Waals surface area contributed by atoms with Gasteiger partial charge < -0.3 is 36.4 Å². The van der Waals surface area contributed by atoms with Crippen molar-refractivity contribution in [3.63, 3.8) is 0 Å². The first-order chi connectivity index (χ1) is 16.1. The van der Waals surface area contributed by atoms with Crippen LogP contribution in [0.5, 0.6) is 0 Å². The van der Waals surface area contributed by atoms with Crippen molar-refractivity contribution in [2.24, 2.45) is 5.92 Å². The van der Waals surface area contributed by atoms with Gasteiger partial charge in [-0.15, -0.1) is 0 Å². The van der Waals surface area contributed by atoms with Gasteiger partial charge in [0.25, 0.3) is 0 Å². The number of hydrogen-bond donors (Lipinski definition) is 7. The van der Waals surface area contributed by atoms with Gasteiger partial charge in [-0.1, -0.05) is 25.7 Å². The molecule has 0 aromatic heterocycles. The Hall–Kier alpha value is -0.770. The van der Waals surface area contributed by atoms with Crippen LogP contribution in [-0.4, -0.2) is 82.0 Å². The van der Waals surface area contributed by atoms with Gasteiger partial charge in [-0.05, 0) is 84.2 Å². The Balaban J connectivity index is 1.66. The average molecular weight is 486 g/mol. The monoisotopic (exact) mass is 485 g/mol. The summed E-state index contributed by atoms with van der Waals surface area (Å²) in [4.78, 5) is 11.4. The van der Waals surface area contributed by atoms with Crippen molar-refractivity contribution in [3.05, 3.63) is 0 Å². The van der Waals surface area contributed by atoms with Gasteiger partial charge in [0, 0.05) is 30.8 Å². The topological polar surface area (TPSA) is 134 Å². The van der Waals surface area contributed by atoms with E-state index >= 15 is 0 Å². The van der Waals surface area contributed by atoms with E-state index in [0.717, 1.165) is 70.9 Å². The summed E-state index contributed by atoms with van der Waals surface area (Å²) in [5.74, 6) is -0.895. The molecule has 5 unspecified atom stereocenters. The van der Waals surface area contributed by atoms with Gasteiger partial charge in [-0.2, -0.15) is 0 Å². The molecule has 34 heavy (non-hydrogen) atoms. The fourth-order valence-corrected chi connectivity index (χ4v) is 5.45. The largest absolute Gasteiger partial charge is 0.481 e. The Morgan fingerprint density at radius 1 is 1.15 bits per heavy atom. The Kier molecular flexibility index (Phi) is 12.7. The molecule has 5 atom stereocenters. The zero-order valence-corrected chi connectivity index (χ0v) is 21.5. The maximum absolute atomic E-state index is 11.4. The number of rotatable bonds is 16. The molecule has 0 saturated carbocycles. The molecular weight excluding hydrogens is 434 g/mol. The molecule has 0 aromatic rings. The second-order valence-corrected chi connectivity index (χ2v) is 11.3. The van der Waals surface area contributed by atoms with Crippen LogP contribution in [0.4, 0.5) is 0 Å². The van der Waals surface area contributed by atoms with Crippen LogP contribution in [0.25, 0.3) is 0 Å². The first kappa shape index (κ1) is 29.5. The number of β-amino-alcohol motifs (C(OH)–C–C–N with tert-alkyl or cyclic N) is 1. The summed E-state index contributed by atoms with van der Waals surface area (Å²) in [6.07, 6.45) is 10.9. The highest BCUT2D eigenvalue weighted by Gasteiger charge is 2.34. The number of unbranched alkanes of at least 4 members (excludes halogenated alkanes) is 3. The van der Waals surface area contributed by atoms with Crippen molar-refractivity contribution >= 4 is 5.97 Å². The fourth-order valence-electron chi connectivity index (χ4n) is 5.45. The van der Waals surface area contributed by atoms with Crippen LogP contribution in [0, 0.1) is 5.92 Å². The van der Waals surface area contributed by atoms with Gasteiger partial charge in [0.05, 0.1) is 18.1 Å². The molecule has 2 fully saturated rings. The number of aliphatic hydroxyl groups excluding tert-OH is 2. The molecule has 0 bridgehead atoms. The molecule has 2 aliphatic heterocycles. The zero-order chi connectivity index (χ0) is 25.0. The van der Waals surface area contributed by atoms with E-state index in [-0.39, 0.29) is 43.2 Å². The number of piperidine rings is 2. The highest BCUT2D eigenvalue weighted by molar-refractivity contribution is 5.68. The van der Waals surface area contributed by atoms with E-state index in [1.807, 2.05) is 6.92 Å². The predicted molar refractivity (Wildman–Crippen MR) is 135 cm³/mol. The summed E-state index contributed by atoms with van der Waals surface area (Å²) < 4.78 is 0. The van der Waals surface area contributed by atoms with Crippen molar-refractivity contribution in [1.82, 2.24) is 16.0 Å². The Labute approximate surface area is 206 Å². The summed E-state index contributed by atoms with van der Waals surface area (Å²) in [7, 11) is 0. The smallest absolute Gasteiger partial charge is 0.306 e. The molecule has 2 saturated heterocycles. The lowest BCUT2D eigenvalue weighted by atomic mass is 9.85. The van der Waals surface area contributed by atoms with Gasteiger partial charge in [0.15, 0.2) is 0 Å². The molecule has 2 rings (SSSR count). The molecule has 0 radical (unpaired) electrons. The van der Waals surface area contributed by atoms with E-state index < -0.39 is 11.6 Å². The first-order valence-corrected chi connectivity index (χ1v) is 13.6. The number of carboxylic acid groups (broad SMARTS) is 1. The van der Waals surface area contributed by atoms with Crippen LogP contribution in [0.15, 0.2) is 0 Å². The minimum Gasteiger partial charge on any atom is -0.481 e. The molecule has 2 heterocycles. The third-order valence-electron chi connectivity index (χ3n) is 8.11. The van der Waals surface area contributed by atoms with E-state index in [9.17, 15) is 25.2 Å². The maximum atomic E-state index is 11.4. The number of carbonyl (C=O) groups is 1. The average Bonchev–Trinajstić information content (AvgIpc) is 2.79. The Morgan fingerprint density at radius 3 is 2.50 bits per heavy atom. The van der Waals surface area contributed by atoms with Gasteiger partial charge in [-0.3, -0.25) is 4.79 Å². The molecule has 200 valence electrons. The summed E-state index contributed by atoms with van der Waals surface area (Å²) >= 11 is 0. The normalized spacial score (nSPS) is 27.7. The van der Waals surface area contributed by atoms with Gasteiger partial charge in [0.2, 0.25) is 0 Å². The highest BCUT2D eigenvalue weighted by Crippen LogP contribution is 2.26. The minimum atomic E-state index is -1.30. The number of aliphatic hydroxyl groups is 3. The third kappa shape index (κ3) is 10.9. The van der Waals surface area contributed by atoms with Crippen LogP contribution >= 0.6 is 0 Å². The molecule has 7 N–H and O–H groups in total. The Morgan fingerprint density at radius 2 is 1.85 bits per heavy atom. The molecule has 0 aromatic carbocycles. The third-order valence-corrected chi connectivity index (χ3v) is 8.11. The maximum Gasteiger partial charge on any atom is 0.306 e. The quantitative estimate of drug-likeness (QED) is 0.165. The number of aliphatic carboxylic acids is 1. The molecule has 8 nitrogen and oxygen atoms in total. The summed E-state index contributed by atoms with van der Waals surface area (Å²) in [5.41, 5.74) is -1.38. The van der Waals surface area contributed by atoms with Crippen LogP contribution < -0.4 is 16.0 Å². The SMILES string of the molecule is CC1NC(CCCCCCC(CO)CCC(O)(CNC2(C)CCNCC2)CC(=O)O)CCC1O. The van der Waals surface area contributed by atoms with Crippen LogP contribution in [0.2, 0.25) is 0 Å². The first-order valence-electron chi connectivity index (χ1n) is 13.6. The standard InChI is InChI=1S/C26H51N3O5/c1-20-23(31)10-9-22(29-20)8-6-4-3-5-7-21(18-30)11-12-26(34,17-24(32)33)19-28-25(2)13-15-27-16-14-25/h20-23,27-31,34H,3-19H2,1-2H3,(H,32,33). The summed E-state index contributed by atoms with van der Waals surface area (Å²) in [6, 6.07) is 0.692. The predicted octanol–water partition coefficient (Wildman–Crippen LogP) is 2.15. The second kappa shape index (κ2) is 14.7. The summed E-state index contributed by atoms with van der Waals surface area (Å²) in [5, 5.41) is 50.4. The molecular formula is C26H51N3O5. The minimum absolute atomic E-state index is 0.0756. The van der Waals surface area contributed by atoms with E-state index in [2.05, 4.69) is 22.9 Å². The molecule has 0 amide bonds. The molecule has 0 aliphatic carbocycles. The van der Waals surface area contributed by atoms with Gasteiger partial charge in [-0.25, -0.2) is 0 Å². The molecule has 0 spiro atoms. The van der Waals surface area contributed by atoms with E-state index in [1.54, 1.807) is 0 Å². The van der Waals surface area contributed by atoms with E-state index in [4.69, 9.17) is 0 Å². The number of hydrogen-bond acceptors (Lipinski definition) is 7. The molecule has 2 aliphatic rings. The van der Waals surface area contributed by atoms with Gasteiger partial charge in [0.1, 0.15) is 0 Å². The van der Waals surface area contributed by atoms with Crippen molar-refractivity contribution in [3.8, 4) is 0 Å². The number of nitrogens with one attached hydrogen (secondary N) is 3. The van der Waals surface area contributed by atoms with E-state index in [1.165, 1.54) is 6.42 Å². The van der Waals surface area contributed by atoms with Crippen molar-refractivity contribution in [1.29, 1.82) is 0 Å². The number of carboxylic acids is 1. The highest BCUT2D eigenvalue weighted by atomic mass is 16.4. The van der Waals surface area contributed by atoms with Crippen LogP contribution in [0.3, 0.4) is 0 Å². The fraction of sp³-hybridized carbons (Fsp3) is 0.962. The lowest BCUT2D eigenvalue weighted by molar-refractivity contribution is -0.143. The second-order valence-electron chi connectivity index (χ2n) is 11.3. The molecule has 8 heteroatoms. The van der Waals surface area contributed by atoms with Crippen molar-refractivity contribution in [2.75, 3.05) is 26.2 Å². The van der Waals surface area contributed by atoms with Crippen LogP contribution in [-0.2, 0) is 4.79 Å². The Bertz CT molecular complexity index is 587. The van der Waals surface area contributed by atoms with Crippen molar-refractivity contribution < 1.29 is 25.2 Å². The van der Waals surface area contributed by atoms with Gasteiger partial charge >= 0.3 is 5.97 Å². The summed E-state index contributed by atoms with van der Waals surface area (Å²) in [6.45, 7) is 6.37. The lowest BCUT2D eigenvalue weighted by Crippen LogP contribution is -2.55. The van der Waals surface area contributed by atoms with E-state index in [0.29, 0.717) is 18.9 Å². The zero-order valence-electron chi connectivity index (χ0n) is 21.5. The lowest BCUT2D eigenvalue weighted by Gasteiger charge is -2.39. The van der Waals surface area contributed by atoms with Crippen LogP contribution in [0.1, 0.15) is 97.3 Å².